The van der Waals surface area contributed by atoms with Crippen LogP contribution >= 0.6 is 0 Å². The third kappa shape index (κ3) is 4.40. The van der Waals surface area contributed by atoms with Crippen LogP contribution < -0.4 is 9.47 Å². The number of rotatable bonds is 6. The fourth-order valence-electron chi connectivity index (χ4n) is 2.33. The predicted molar refractivity (Wildman–Crippen MR) is 75.0 cm³/mol. The monoisotopic (exact) mass is 265 g/mol. The Morgan fingerprint density at radius 3 is 2.26 bits per heavy atom. The van der Waals surface area contributed by atoms with E-state index in [1.807, 2.05) is 24.3 Å². The van der Waals surface area contributed by atoms with Crippen molar-refractivity contribution in [2.24, 2.45) is 0 Å². The van der Waals surface area contributed by atoms with E-state index in [-0.39, 0.29) is 0 Å². The molecule has 0 N–H and O–H groups in total. The lowest BCUT2D eigenvalue weighted by molar-refractivity contribution is 0.0375. The Morgan fingerprint density at radius 1 is 1.05 bits per heavy atom. The highest BCUT2D eigenvalue weighted by atomic mass is 16.5. The fraction of sp³-hybridized carbons (Fsp3) is 0.600. The second-order valence-corrected chi connectivity index (χ2v) is 4.80. The van der Waals surface area contributed by atoms with Gasteiger partial charge in [0.25, 0.3) is 0 Å². The molecule has 0 atom stereocenters. The molecule has 1 saturated heterocycles. The van der Waals surface area contributed by atoms with Gasteiger partial charge in [0.2, 0.25) is 0 Å². The average Bonchev–Trinajstić information content (AvgIpc) is 2.49. The fourth-order valence-corrected chi connectivity index (χ4v) is 2.33. The van der Waals surface area contributed by atoms with Crippen molar-refractivity contribution < 1.29 is 14.2 Å². The molecule has 2 rings (SSSR count). The predicted octanol–water partition coefficient (Wildman–Crippen LogP) is 2.18. The molecule has 0 aromatic heterocycles. The molecule has 4 nitrogen and oxygen atoms in total. The topological polar surface area (TPSA) is 30.9 Å². The number of ether oxygens (including phenoxy) is 3. The highest BCUT2D eigenvalue weighted by Crippen LogP contribution is 2.17. The molecule has 1 fully saturated rings. The van der Waals surface area contributed by atoms with Gasteiger partial charge < -0.3 is 14.2 Å². The van der Waals surface area contributed by atoms with Crippen molar-refractivity contribution in [3.63, 3.8) is 0 Å². The molecule has 0 aliphatic carbocycles. The molecule has 0 spiro atoms. The van der Waals surface area contributed by atoms with Gasteiger partial charge in [0.05, 0.1) is 13.2 Å². The first kappa shape index (κ1) is 14.2. The van der Waals surface area contributed by atoms with Crippen molar-refractivity contribution in [2.75, 3.05) is 40.5 Å². The van der Waals surface area contributed by atoms with Gasteiger partial charge in [0.1, 0.15) is 18.1 Å². The summed E-state index contributed by atoms with van der Waals surface area (Å²) in [6.45, 7) is 3.90. The van der Waals surface area contributed by atoms with E-state index in [2.05, 4.69) is 4.90 Å². The van der Waals surface area contributed by atoms with Gasteiger partial charge in [0.15, 0.2) is 0 Å². The number of likely N-dealkylation sites (tertiary alicyclic amines) is 1. The molecular weight excluding hydrogens is 242 g/mol. The molecule has 0 saturated carbocycles. The quantitative estimate of drug-likeness (QED) is 0.789. The van der Waals surface area contributed by atoms with E-state index in [0.717, 1.165) is 50.6 Å². The summed E-state index contributed by atoms with van der Waals surface area (Å²) in [6, 6.07) is 7.71. The van der Waals surface area contributed by atoms with Gasteiger partial charge in [-0.25, -0.2) is 0 Å². The summed E-state index contributed by atoms with van der Waals surface area (Å²) in [5, 5.41) is 0. The Balaban J connectivity index is 1.66. The van der Waals surface area contributed by atoms with Crippen LogP contribution in [0.5, 0.6) is 11.5 Å². The van der Waals surface area contributed by atoms with Crippen LogP contribution in [0.25, 0.3) is 0 Å². The first-order valence-electron chi connectivity index (χ1n) is 6.84. The van der Waals surface area contributed by atoms with Crippen LogP contribution in [-0.2, 0) is 4.74 Å². The second-order valence-electron chi connectivity index (χ2n) is 4.80. The van der Waals surface area contributed by atoms with Gasteiger partial charge in [-0.15, -0.1) is 0 Å². The van der Waals surface area contributed by atoms with Gasteiger partial charge >= 0.3 is 0 Å². The van der Waals surface area contributed by atoms with Crippen molar-refractivity contribution in [1.29, 1.82) is 0 Å². The Kier molecular flexibility index (Phi) is 5.48. The summed E-state index contributed by atoms with van der Waals surface area (Å²) in [7, 11) is 3.46. The van der Waals surface area contributed by atoms with Crippen molar-refractivity contribution in [2.45, 2.75) is 18.9 Å². The van der Waals surface area contributed by atoms with Crippen LogP contribution in [0.2, 0.25) is 0 Å². The highest BCUT2D eigenvalue weighted by molar-refractivity contribution is 5.31. The van der Waals surface area contributed by atoms with Crippen LogP contribution in [0, 0.1) is 0 Å². The average molecular weight is 265 g/mol. The second kappa shape index (κ2) is 7.36. The summed E-state index contributed by atoms with van der Waals surface area (Å²) < 4.78 is 16.2. The molecule has 0 radical (unpaired) electrons. The lowest BCUT2D eigenvalue weighted by atomic mass is 10.1. The molecule has 1 aliphatic rings. The van der Waals surface area contributed by atoms with Crippen molar-refractivity contribution in [3.8, 4) is 11.5 Å². The van der Waals surface area contributed by atoms with Crippen LogP contribution in [0.3, 0.4) is 0 Å². The zero-order valence-corrected chi connectivity index (χ0v) is 11.8. The molecule has 0 unspecified atom stereocenters. The van der Waals surface area contributed by atoms with Gasteiger partial charge in [0, 0.05) is 26.7 Å². The van der Waals surface area contributed by atoms with E-state index in [1.165, 1.54) is 0 Å². The number of piperidine rings is 1. The lowest BCUT2D eigenvalue weighted by Crippen LogP contribution is -2.38. The largest absolute Gasteiger partial charge is 0.497 e. The standard InChI is InChI=1S/C15H23NO3/c1-17-13-3-5-15(6-4-13)19-12-11-16-9-7-14(18-2)8-10-16/h3-6,14H,7-12H2,1-2H3. The maximum atomic E-state index is 5.73. The molecule has 1 heterocycles. The molecule has 19 heavy (non-hydrogen) atoms. The van der Waals surface area contributed by atoms with Gasteiger partial charge in [-0.1, -0.05) is 0 Å². The maximum absolute atomic E-state index is 5.73. The zero-order valence-electron chi connectivity index (χ0n) is 11.8. The normalized spacial score (nSPS) is 17.4. The molecular formula is C15H23NO3. The molecule has 1 aliphatic heterocycles. The summed E-state index contributed by atoms with van der Waals surface area (Å²) in [5.74, 6) is 1.75. The number of nitrogens with zero attached hydrogens (tertiary/aromatic N) is 1. The first-order chi connectivity index (χ1) is 9.31. The number of hydrogen-bond acceptors (Lipinski definition) is 4. The summed E-state index contributed by atoms with van der Waals surface area (Å²) in [4.78, 5) is 2.43. The number of methoxy groups -OCH3 is 2. The van der Waals surface area contributed by atoms with Crippen molar-refractivity contribution in [1.82, 2.24) is 4.90 Å². The molecule has 106 valence electrons. The maximum Gasteiger partial charge on any atom is 0.119 e. The Morgan fingerprint density at radius 2 is 1.68 bits per heavy atom. The van der Waals surface area contributed by atoms with Crippen molar-refractivity contribution >= 4 is 0 Å². The number of benzene rings is 1. The minimum atomic E-state index is 0.443. The first-order valence-corrected chi connectivity index (χ1v) is 6.84. The zero-order chi connectivity index (χ0) is 13.5. The van der Waals surface area contributed by atoms with E-state index in [0.29, 0.717) is 6.10 Å². The third-order valence-electron chi connectivity index (χ3n) is 3.60. The van der Waals surface area contributed by atoms with Gasteiger partial charge in [-0.3, -0.25) is 4.90 Å². The van der Waals surface area contributed by atoms with Crippen LogP contribution in [0.4, 0.5) is 0 Å². The smallest absolute Gasteiger partial charge is 0.119 e. The summed E-state index contributed by atoms with van der Waals surface area (Å²) >= 11 is 0. The SMILES string of the molecule is COc1ccc(OCCN2CCC(OC)CC2)cc1. The van der Waals surface area contributed by atoms with Crippen molar-refractivity contribution in [3.05, 3.63) is 24.3 Å². The Labute approximate surface area is 115 Å². The Hall–Kier alpha value is -1.26. The van der Waals surface area contributed by atoms with E-state index in [9.17, 15) is 0 Å². The number of hydrogen-bond donors (Lipinski definition) is 0. The molecule has 0 bridgehead atoms. The summed E-state index contributed by atoms with van der Waals surface area (Å²) in [5.41, 5.74) is 0. The van der Waals surface area contributed by atoms with E-state index >= 15 is 0 Å². The highest BCUT2D eigenvalue weighted by Gasteiger charge is 2.18. The van der Waals surface area contributed by atoms with Gasteiger partial charge in [-0.05, 0) is 37.1 Å². The van der Waals surface area contributed by atoms with Crippen LogP contribution in [-0.4, -0.2) is 51.5 Å². The Bertz CT molecular complexity index is 358. The van der Waals surface area contributed by atoms with E-state index in [1.54, 1.807) is 14.2 Å². The minimum absolute atomic E-state index is 0.443. The third-order valence-corrected chi connectivity index (χ3v) is 3.60. The molecule has 0 amide bonds. The van der Waals surface area contributed by atoms with E-state index < -0.39 is 0 Å². The van der Waals surface area contributed by atoms with Crippen LogP contribution in [0.1, 0.15) is 12.8 Å². The molecule has 4 heteroatoms. The molecule has 1 aromatic rings. The van der Waals surface area contributed by atoms with Crippen LogP contribution in [0.15, 0.2) is 24.3 Å². The minimum Gasteiger partial charge on any atom is -0.497 e. The lowest BCUT2D eigenvalue weighted by Gasteiger charge is -2.30. The molecule has 1 aromatic carbocycles. The van der Waals surface area contributed by atoms with E-state index in [4.69, 9.17) is 14.2 Å². The summed E-state index contributed by atoms with van der Waals surface area (Å²) in [6.07, 6.45) is 2.69. The van der Waals surface area contributed by atoms with Gasteiger partial charge in [-0.2, -0.15) is 0 Å².